The molecule has 2 atom stereocenters. The van der Waals surface area contributed by atoms with Crippen molar-refractivity contribution in [3.8, 4) is 0 Å². The monoisotopic (exact) mass is 266 g/mol. The molecule has 0 bridgehead atoms. The van der Waals surface area contributed by atoms with Crippen LogP contribution in [-0.4, -0.2) is 31.0 Å². The lowest BCUT2D eigenvalue weighted by molar-refractivity contribution is -0.115. The molecule has 0 radical (unpaired) electrons. The molecule has 0 saturated heterocycles. The standard InChI is InChI=1S/C16H30N2O/c1-5-17-13(3)11-16(12-14(4)18-6-2)9-7-15(19)8-10-16/h7,9,13-14,17-18H,5-6,8,10-12H2,1-4H3. The Morgan fingerprint density at radius 3 is 2.05 bits per heavy atom. The minimum Gasteiger partial charge on any atom is -0.315 e. The van der Waals surface area contributed by atoms with Crippen LogP contribution in [0, 0.1) is 5.41 Å². The number of hydrogen-bond donors (Lipinski definition) is 2. The van der Waals surface area contributed by atoms with E-state index in [1.54, 1.807) is 6.08 Å². The molecule has 2 unspecified atom stereocenters. The number of ketones is 1. The first-order chi connectivity index (χ1) is 9.01. The maximum Gasteiger partial charge on any atom is 0.155 e. The maximum absolute atomic E-state index is 11.5. The summed E-state index contributed by atoms with van der Waals surface area (Å²) in [6.45, 7) is 10.8. The van der Waals surface area contributed by atoms with Gasteiger partial charge in [0.1, 0.15) is 0 Å². The molecule has 0 fully saturated rings. The van der Waals surface area contributed by atoms with Gasteiger partial charge in [0, 0.05) is 18.5 Å². The van der Waals surface area contributed by atoms with Crippen LogP contribution in [0.5, 0.6) is 0 Å². The molecule has 0 amide bonds. The lowest BCUT2D eigenvalue weighted by Crippen LogP contribution is -2.39. The Morgan fingerprint density at radius 1 is 1.16 bits per heavy atom. The minimum atomic E-state index is 0.178. The minimum absolute atomic E-state index is 0.178. The fourth-order valence-electron chi connectivity index (χ4n) is 3.29. The largest absolute Gasteiger partial charge is 0.315 e. The zero-order chi connectivity index (χ0) is 14.3. The third-order valence-electron chi connectivity index (χ3n) is 4.02. The summed E-state index contributed by atoms with van der Waals surface area (Å²) in [7, 11) is 0. The molecule has 19 heavy (non-hydrogen) atoms. The lowest BCUT2D eigenvalue weighted by atomic mass is 9.70. The Balaban J connectivity index is 2.73. The first-order valence-electron chi connectivity index (χ1n) is 7.70. The number of carbonyl (C=O) groups is 1. The van der Waals surface area contributed by atoms with Gasteiger partial charge in [0.15, 0.2) is 5.78 Å². The van der Waals surface area contributed by atoms with E-state index >= 15 is 0 Å². The molecule has 3 heteroatoms. The van der Waals surface area contributed by atoms with Crippen molar-refractivity contribution < 1.29 is 4.79 Å². The quantitative estimate of drug-likeness (QED) is 0.709. The van der Waals surface area contributed by atoms with E-state index in [0.29, 0.717) is 18.5 Å². The van der Waals surface area contributed by atoms with Gasteiger partial charge in [-0.2, -0.15) is 0 Å². The van der Waals surface area contributed by atoms with Gasteiger partial charge in [-0.1, -0.05) is 19.9 Å². The molecule has 0 heterocycles. The van der Waals surface area contributed by atoms with Crippen LogP contribution in [0.25, 0.3) is 0 Å². The van der Waals surface area contributed by atoms with Crippen molar-refractivity contribution in [1.82, 2.24) is 10.6 Å². The van der Waals surface area contributed by atoms with E-state index in [2.05, 4.69) is 44.4 Å². The second kappa shape index (κ2) is 7.81. The lowest BCUT2D eigenvalue weighted by Gasteiger charge is -2.37. The van der Waals surface area contributed by atoms with Crippen LogP contribution in [0.2, 0.25) is 0 Å². The average molecular weight is 266 g/mol. The molecule has 1 aliphatic rings. The van der Waals surface area contributed by atoms with E-state index < -0.39 is 0 Å². The van der Waals surface area contributed by atoms with E-state index in [-0.39, 0.29) is 11.2 Å². The van der Waals surface area contributed by atoms with Crippen LogP contribution in [0.3, 0.4) is 0 Å². The Bertz CT molecular complexity index is 298. The summed E-state index contributed by atoms with van der Waals surface area (Å²) >= 11 is 0. The van der Waals surface area contributed by atoms with Crippen LogP contribution in [0.4, 0.5) is 0 Å². The van der Waals surface area contributed by atoms with Gasteiger partial charge in [0.2, 0.25) is 0 Å². The van der Waals surface area contributed by atoms with E-state index in [1.807, 2.05) is 0 Å². The summed E-state index contributed by atoms with van der Waals surface area (Å²) in [4.78, 5) is 11.5. The highest BCUT2D eigenvalue weighted by Gasteiger charge is 2.33. The smallest absolute Gasteiger partial charge is 0.155 e. The second-order valence-electron chi connectivity index (χ2n) is 5.99. The van der Waals surface area contributed by atoms with Gasteiger partial charge in [0.05, 0.1) is 0 Å². The normalized spacial score (nSPS) is 26.4. The third-order valence-corrected chi connectivity index (χ3v) is 4.02. The van der Waals surface area contributed by atoms with Gasteiger partial charge in [-0.3, -0.25) is 4.79 Å². The first-order valence-corrected chi connectivity index (χ1v) is 7.70. The molecule has 0 spiro atoms. The highest BCUT2D eigenvalue weighted by molar-refractivity contribution is 5.90. The van der Waals surface area contributed by atoms with Crippen LogP contribution in [-0.2, 0) is 4.79 Å². The molecule has 0 aromatic carbocycles. The van der Waals surface area contributed by atoms with Crippen molar-refractivity contribution in [2.24, 2.45) is 5.41 Å². The predicted molar refractivity (Wildman–Crippen MR) is 81.3 cm³/mol. The Morgan fingerprint density at radius 2 is 1.68 bits per heavy atom. The predicted octanol–water partition coefficient (Wildman–Crippen LogP) is 2.67. The van der Waals surface area contributed by atoms with E-state index in [9.17, 15) is 4.79 Å². The molecule has 2 N–H and O–H groups in total. The molecular formula is C16H30N2O. The Hall–Kier alpha value is -0.670. The number of nitrogens with one attached hydrogen (secondary N) is 2. The van der Waals surface area contributed by atoms with E-state index in [0.717, 1.165) is 32.4 Å². The summed E-state index contributed by atoms with van der Waals surface area (Å²) in [6, 6.07) is 0.994. The SMILES string of the molecule is CCNC(C)CC1(CC(C)NCC)C=CC(=O)CC1. The average Bonchev–Trinajstić information content (AvgIpc) is 2.33. The van der Waals surface area contributed by atoms with Gasteiger partial charge < -0.3 is 10.6 Å². The van der Waals surface area contributed by atoms with E-state index in [4.69, 9.17) is 0 Å². The molecule has 1 aliphatic carbocycles. The van der Waals surface area contributed by atoms with Crippen molar-refractivity contribution in [3.63, 3.8) is 0 Å². The summed E-state index contributed by atoms with van der Waals surface area (Å²) in [5, 5.41) is 6.99. The van der Waals surface area contributed by atoms with Crippen LogP contribution >= 0.6 is 0 Å². The fourth-order valence-corrected chi connectivity index (χ4v) is 3.29. The van der Waals surface area contributed by atoms with Crippen molar-refractivity contribution in [2.45, 2.75) is 65.5 Å². The molecule has 0 aromatic heterocycles. The zero-order valence-corrected chi connectivity index (χ0v) is 13.0. The van der Waals surface area contributed by atoms with Gasteiger partial charge in [0.25, 0.3) is 0 Å². The van der Waals surface area contributed by atoms with E-state index in [1.165, 1.54) is 0 Å². The summed E-state index contributed by atoms with van der Waals surface area (Å²) in [5.41, 5.74) is 0.178. The number of allylic oxidation sites excluding steroid dienone is 2. The first kappa shape index (κ1) is 16.4. The van der Waals surface area contributed by atoms with Gasteiger partial charge >= 0.3 is 0 Å². The number of carbonyl (C=O) groups excluding carboxylic acids is 1. The van der Waals surface area contributed by atoms with Crippen LogP contribution in [0.15, 0.2) is 12.2 Å². The highest BCUT2D eigenvalue weighted by atomic mass is 16.1. The summed E-state index contributed by atoms with van der Waals surface area (Å²) in [5.74, 6) is 0.280. The highest BCUT2D eigenvalue weighted by Crippen LogP contribution is 2.39. The van der Waals surface area contributed by atoms with Gasteiger partial charge in [-0.15, -0.1) is 0 Å². The molecule has 3 nitrogen and oxygen atoms in total. The van der Waals surface area contributed by atoms with Gasteiger partial charge in [-0.05, 0) is 57.7 Å². The molecule has 0 aliphatic heterocycles. The Labute approximate surface area is 118 Å². The number of rotatable bonds is 8. The molecule has 1 rings (SSSR count). The topological polar surface area (TPSA) is 41.1 Å². The van der Waals surface area contributed by atoms with Crippen LogP contribution in [0.1, 0.15) is 53.4 Å². The molecule has 0 saturated carbocycles. The molecule has 0 aromatic rings. The second-order valence-corrected chi connectivity index (χ2v) is 5.99. The maximum atomic E-state index is 11.5. The summed E-state index contributed by atoms with van der Waals surface area (Å²) in [6.07, 6.45) is 7.91. The van der Waals surface area contributed by atoms with Crippen molar-refractivity contribution in [1.29, 1.82) is 0 Å². The van der Waals surface area contributed by atoms with Crippen LogP contribution < -0.4 is 10.6 Å². The van der Waals surface area contributed by atoms with Crippen molar-refractivity contribution in [2.75, 3.05) is 13.1 Å². The summed E-state index contributed by atoms with van der Waals surface area (Å²) < 4.78 is 0. The van der Waals surface area contributed by atoms with Crippen molar-refractivity contribution in [3.05, 3.63) is 12.2 Å². The van der Waals surface area contributed by atoms with Crippen molar-refractivity contribution >= 4 is 5.78 Å². The fraction of sp³-hybridized carbons (Fsp3) is 0.812. The Kier molecular flexibility index (Phi) is 6.73. The molecule has 110 valence electrons. The molecular weight excluding hydrogens is 236 g/mol. The van der Waals surface area contributed by atoms with Gasteiger partial charge in [-0.25, -0.2) is 0 Å². The number of hydrogen-bond acceptors (Lipinski definition) is 3. The zero-order valence-electron chi connectivity index (χ0n) is 13.0. The third kappa shape index (κ3) is 5.45.